The Morgan fingerprint density at radius 3 is 1.30 bits per heavy atom. The Bertz CT molecular complexity index is 1380. The highest BCUT2D eigenvalue weighted by atomic mass is 16.5. The summed E-state index contributed by atoms with van der Waals surface area (Å²) in [6.07, 6.45) is 0.0392. The van der Waals surface area contributed by atoms with E-state index in [1.54, 1.807) is 74.5 Å². The summed E-state index contributed by atoms with van der Waals surface area (Å²) in [5, 5.41) is 0. The molecule has 188 valence electrons. The summed E-state index contributed by atoms with van der Waals surface area (Å²) in [5.74, 6) is -1.81. The van der Waals surface area contributed by atoms with Crippen LogP contribution in [0.1, 0.15) is 75.3 Å². The van der Waals surface area contributed by atoms with Crippen LogP contribution in [0.25, 0.3) is 0 Å². The number of aromatic nitrogens is 2. The van der Waals surface area contributed by atoms with Crippen LogP contribution in [-0.2, 0) is 15.9 Å². The third kappa shape index (κ3) is 4.73. The molecule has 0 fully saturated rings. The van der Waals surface area contributed by atoms with E-state index >= 15 is 0 Å². The van der Waals surface area contributed by atoms with E-state index in [1.807, 2.05) is 0 Å². The molecule has 4 aromatic rings. The maximum absolute atomic E-state index is 13.5. The fraction of sp³-hybridized carbons (Fsp3) is 0.172. The summed E-state index contributed by atoms with van der Waals surface area (Å²) in [6.45, 7) is 3.33. The Labute approximate surface area is 213 Å². The Morgan fingerprint density at radius 1 is 0.622 bits per heavy atom. The summed E-state index contributed by atoms with van der Waals surface area (Å²) in [4.78, 5) is 58.1. The van der Waals surface area contributed by atoms with Crippen LogP contribution in [0.3, 0.4) is 0 Å². The zero-order valence-corrected chi connectivity index (χ0v) is 20.9. The third-order valence-electron chi connectivity index (χ3n) is 6.31. The van der Waals surface area contributed by atoms with E-state index in [9.17, 15) is 19.2 Å². The third-order valence-corrected chi connectivity index (χ3v) is 6.31. The van der Waals surface area contributed by atoms with Gasteiger partial charge in [0.1, 0.15) is 11.4 Å². The number of carbonyl (C=O) groups excluding carboxylic acids is 4. The molecular formula is C29H26N2O6. The summed E-state index contributed by atoms with van der Waals surface area (Å²) in [7, 11) is 2.52. The van der Waals surface area contributed by atoms with Gasteiger partial charge < -0.3 is 19.4 Å². The zero-order valence-electron chi connectivity index (χ0n) is 20.9. The van der Waals surface area contributed by atoms with Gasteiger partial charge in [-0.05, 0) is 25.0 Å². The molecule has 2 aromatic carbocycles. The lowest BCUT2D eigenvalue weighted by Crippen LogP contribution is -2.09. The fourth-order valence-corrected chi connectivity index (χ4v) is 4.45. The molecule has 0 spiro atoms. The molecule has 8 nitrogen and oxygen atoms in total. The van der Waals surface area contributed by atoms with Gasteiger partial charge in [0.2, 0.25) is 0 Å². The SMILES string of the molecule is COC(=O)c1[nH]c(Cc2[nH]c(C(=O)OC)c(C)c2C(=O)c2ccccc2)c(C(=O)c2ccccc2)c1C. The van der Waals surface area contributed by atoms with E-state index in [0.717, 1.165) is 0 Å². The monoisotopic (exact) mass is 498 g/mol. The van der Waals surface area contributed by atoms with E-state index in [-0.39, 0.29) is 29.4 Å². The van der Waals surface area contributed by atoms with Crippen LogP contribution in [0.5, 0.6) is 0 Å². The number of hydrogen-bond acceptors (Lipinski definition) is 6. The molecule has 2 N–H and O–H groups in total. The van der Waals surface area contributed by atoms with Crippen molar-refractivity contribution in [1.29, 1.82) is 0 Å². The summed E-state index contributed by atoms with van der Waals surface area (Å²) < 4.78 is 9.81. The van der Waals surface area contributed by atoms with Gasteiger partial charge >= 0.3 is 11.9 Å². The maximum atomic E-state index is 13.5. The Hall–Kier alpha value is -4.72. The number of aromatic amines is 2. The molecular weight excluding hydrogens is 472 g/mol. The molecule has 0 amide bonds. The lowest BCUT2D eigenvalue weighted by Gasteiger charge is -2.08. The minimum Gasteiger partial charge on any atom is -0.464 e. The van der Waals surface area contributed by atoms with Crippen LogP contribution in [0.2, 0.25) is 0 Å². The molecule has 0 radical (unpaired) electrons. The summed E-state index contributed by atoms with van der Waals surface area (Å²) >= 11 is 0. The first-order chi connectivity index (χ1) is 17.8. The van der Waals surface area contributed by atoms with Crippen LogP contribution in [-0.4, -0.2) is 47.7 Å². The van der Waals surface area contributed by atoms with Gasteiger partial charge in [-0.1, -0.05) is 60.7 Å². The smallest absolute Gasteiger partial charge is 0.354 e. The Kier molecular flexibility index (Phi) is 7.20. The average molecular weight is 499 g/mol. The molecule has 0 bridgehead atoms. The van der Waals surface area contributed by atoms with E-state index in [0.29, 0.717) is 44.8 Å². The van der Waals surface area contributed by atoms with E-state index in [4.69, 9.17) is 9.47 Å². The molecule has 0 unspecified atom stereocenters. The van der Waals surface area contributed by atoms with Gasteiger partial charge in [0.15, 0.2) is 11.6 Å². The second kappa shape index (κ2) is 10.5. The molecule has 0 aliphatic rings. The minimum absolute atomic E-state index is 0.0392. The van der Waals surface area contributed by atoms with Crippen molar-refractivity contribution in [2.75, 3.05) is 14.2 Å². The van der Waals surface area contributed by atoms with Crippen LogP contribution in [0, 0.1) is 13.8 Å². The molecule has 37 heavy (non-hydrogen) atoms. The molecule has 4 rings (SSSR count). The minimum atomic E-state index is -0.621. The molecule has 0 saturated heterocycles. The molecule has 2 heterocycles. The quantitative estimate of drug-likeness (QED) is 0.271. The predicted octanol–water partition coefficient (Wildman–Crippen LogP) is 4.59. The number of nitrogens with one attached hydrogen (secondary N) is 2. The topological polar surface area (TPSA) is 118 Å². The number of hydrogen-bond donors (Lipinski definition) is 2. The van der Waals surface area contributed by atoms with Crippen molar-refractivity contribution < 1.29 is 28.7 Å². The number of ether oxygens (including phenoxy) is 2. The first-order valence-electron chi connectivity index (χ1n) is 11.6. The van der Waals surface area contributed by atoms with Crippen molar-refractivity contribution in [3.05, 3.63) is 117 Å². The molecule has 0 aliphatic heterocycles. The molecule has 0 saturated carbocycles. The number of H-pyrrole nitrogens is 2. The fourth-order valence-electron chi connectivity index (χ4n) is 4.45. The van der Waals surface area contributed by atoms with Gasteiger partial charge in [-0.3, -0.25) is 9.59 Å². The van der Waals surface area contributed by atoms with E-state index in [2.05, 4.69) is 9.97 Å². The highest BCUT2D eigenvalue weighted by Crippen LogP contribution is 2.29. The summed E-state index contributed by atoms with van der Waals surface area (Å²) in [6, 6.07) is 17.4. The first kappa shape index (κ1) is 25.4. The number of rotatable bonds is 8. The molecule has 0 atom stereocenters. The number of benzene rings is 2. The van der Waals surface area contributed by atoms with Crippen LogP contribution in [0.15, 0.2) is 60.7 Å². The van der Waals surface area contributed by atoms with Crippen molar-refractivity contribution in [3.8, 4) is 0 Å². The van der Waals surface area contributed by atoms with Crippen molar-refractivity contribution in [1.82, 2.24) is 9.97 Å². The van der Waals surface area contributed by atoms with Crippen LogP contribution < -0.4 is 0 Å². The van der Waals surface area contributed by atoms with E-state index in [1.165, 1.54) is 14.2 Å². The zero-order chi connectivity index (χ0) is 26.7. The molecule has 2 aromatic heterocycles. The van der Waals surface area contributed by atoms with Crippen molar-refractivity contribution in [3.63, 3.8) is 0 Å². The summed E-state index contributed by atoms with van der Waals surface area (Å²) in [5.41, 5.74) is 3.47. The number of carbonyl (C=O) groups is 4. The normalized spacial score (nSPS) is 10.7. The maximum Gasteiger partial charge on any atom is 0.354 e. The number of esters is 2. The van der Waals surface area contributed by atoms with Crippen molar-refractivity contribution in [2.24, 2.45) is 0 Å². The van der Waals surface area contributed by atoms with Gasteiger partial charge in [-0.25, -0.2) is 9.59 Å². The average Bonchev–Trinajstić information content (AvgIpc) is 3.43. The van der Waals surface area contributed by atoms with Gasteiger partial charge in [0.05, 0.1) is 14.2 Å². The first-order valence-corrected chi connectivity index (χ1v) is 11.6. The predicted molar refractivity (Wildman–Crippen MR) is 136 cm³/mol. The van der Waals surface area contributed by atoms with Gasteiger partial charge in [0, 0.05) is 40.1 Å². The lowest BCUT2D eigenvalue weighted by molar-refractivity contribution is 0.0585. The second-order valence-electron chi connectivity index (χ2n) is 8.51. The second-order valence-corrected chi connectivity index (χ2v) is 8.51. The number of methoxy groups -OCH3 is 2. The van der Waals surface area contributed by atoms with Crippen LogP contribution >= 0.6 is 0 Å². The Morgan fingerprint density at radius 2 is 0.973 bits per heavy atom. The number of ketones is 2. The highest BCUT2D eigenvalue weighted by Gasteiger charge is 2.29. The van der Waals surface area contributed by atoms with Crippen molar-refractivity contribution in [2.45, 2.75) is 20.3 Å². The van der Waals surface area contributed by atoms with Gasteiger partial charge in [-0.15, -0.1) is 0 Å². The molecule has 8 heteroatoms. The van der Waals surface area contributed by atoms with Gasteiger partial charge in [0.25, 0.3) is 0 Å². The van der Waals surface area contributed by atoms with E-state index < -0.39 is 11.9 Å². The largest absolute Gasteiger partial charge is 0.464 e. The highest BCUT2D eigenvalue weighted by molar-refractivity contribution is 6.13. The van der Waals surface area contributed by atoms with Crippen molar-refractivity contribution >= 4 is 23.5 Å². The lowest BCUT2D eigenvalue weighted by atomic mass is 9.94. The Balaban J connectivity index is 1.89. The standard InChI is InChI=1S/C29H26N2O6/c1-16-22(26(32)18-11-7-5-8-12-18)20(30-24(16)28(34)36-3)15-21-23(17(2)25(31-21)29(35)37-4)27(33)19-13-9-6-10-14-19/h5-14,30-31H,15H2,1-4H3. The molecule has 0 aliphatic carbocycles. The van der Waals surface area contributed by atoms with Crippen LogP contribution in [0.4, 0.5) is 0 Å². The van der Waals surface area contributed by atoms with Gasteiger partial charge in [-0.2, -0.15) is 0 Å².